The highest BCUT2D eigenvalue weighted by atomic mass is 35.5. The van der Waals surface area contributed by atoms with Crippen molar-refractivity contribution in [1.29, 1.82) is 0 Å². The van der Waals surface area contributed by atoms with Crippen LogP contribution >= 0.6 is 12.4 Å². The van der Waals surface area contributed by atoms with Gasteiger partial charge in [0.2, 0.25) is 5.95 Å². The zero-order valence-corrected chi connectivity index (χ0v) is 17.2. The smallest absolute Gasteiger partial charge is 0.254 e. The predicted octanol–water partition coefficient (Wildman–Crippen LogP) is 0.942. The number of amides is 1. The summed E-state index contributed by atoms with van der Waals surface area (Å²) in [6.45, 7) is 4.35. The topological polar surface area (TPSA) is 130 Å². The van der Waals surface area contributed by atoms with Gasteiger partial charge in [-0.05, 0) is 19.1 Å². The average Bonchev–Trinajstić information content (AvgIpc) is 2.61. The number of nitrogens with zero attached hydrogens (tertiary/aromatic N) is 3. The Bertz CT molecular complexity index is 969. The molecule has 1 amide bonds. The Morgan fingerprint density at radius 3 is 2.71 bits per heavy atom. The van der Waals surface area contributed by atoms with Crippen LogP contribution in [0, 0.1) is 0 Å². The van der Waals surface area contributed by atoms with Gasteiger partial charge >= 0.3 is 0 Å². The highest BCUT2D eigenvalue weighted by molar-refractivity contribution is 7.90. The number of piperazine rings is 1. The molecule has 0 bridgehead atoms. The van der Waals surface area contributed by atoms with Crippen molar-refractivity contribution in [3.05, 3.63) is 36.0 Å². The number of halogens is 1. The van der Waals surface area contributed by atoms with Crippen molar-refractivity contribution in [3.63, 3.8) is 0 Å². The number of hydrogen-bond donors (Lipinski definition) is 3. The van der Waals surface area contributed by atoms with Gasteiger partial charge in [0.05, 0.1) is 10.6 Å². The van der Waals surface area contributed by atoms with E-state index in [0.29, 0.717) is 11.6 Å². The van der Waals surface area contributed by atoms with Crippen LogP contribution in [0.1, 0.15) is 17.3 Å². The second-order valence-electron chi connectivity index (χ2n) is 6.44. The van der Waals surface area contributed by atoms with Gasteiger partial charge in [0.25, 0.3) is 5.91 Å². The Labute approximate surface area is 170 Å². The average molecular weight is 427 g/mol. The molecule has 1 atom stereocenters. The van der Waals surface area contributed by atoms with E-state index in [-0.39, 0.29) is 34.7 Å². The van der Waals surface area contributed by atoms with Crippen LogP contribution in [0.15, 0.2) is 35.4 Å². The Kier molecular flexibility index (Phi) is 6.81. The maximum atomic E-state index is 12.0. The van der Waals surface area contributed by atoms with Gasteiger partial charge < -0.3 is 21.3 Å². The molecule has 1 fully saturated rings. The molecule has 4 N–H and O–H groups in total. The lowest BCUT2D eigenvalue weighted by Crippen LogP contribution is -2.50. The lowest BCUT2D eigenvalue weighted by atomic mass is 10.2. The SMILES string of the molecule is CC1CNCCN1c1ncc(C(N)=O)c(Nc2ccccc2S(C)(=O)=O)n1.Cl. The number of anilines is 3. The summed E-state index contributed by atoms with van der Waals surface area (Å²) in [4.78, 5) is 22.7. The number of primary amides is 1. The van der Waals surface area contributed by atoms with Crippen LogP contribution in [-0.4, -0.2) is 56.2 Å². The summed E-state index contributed by atoms with van der Waals surface area (Å²) in [5.74, 6) is -0.0723. The minimum Gasteiger partial charge on any atom is -0.365 e. The quantitative estimate of drug-likeness (QED) is 0.643. The molecule has 0 spiro atoms. The fourth-order valence-electron chi connectivity index (χ4n) is 2.95. The fourth-order valence-corrected chi connectivity index (χ4v) is 3.79. The molecule has 1 aromatic carbocycles. The number of carbonyl (C=O) groups excluding carboxylic acids is 1. The van der Waals surface area contributed by atoms with Crippen LogP contribution in [0.2, 0.25) is 0 Å². The Balaban J connectivity index is 0.00000280. The van der Waals surface area contributed by atoms with Gasteiger partial charge in [-0.25, -0.2) is 13.4 Å². The van der Waals surface area contributed by atoms with E-state index in [0.717, 1.165) is 25.9 Å². The van der Waals surface area contributed by atoms with E-state index in [1.54, 1.807) is 18.2 Å². The zero-order valence-electron chi connectivity index (χ0n) is 15.5. The molecule has 1 aromatic heterocycles. The van der Waals surface area contributed by atoms with Gasteiger partial charge in [0.1, 0.15) is 11.4 Å². The lowest BCUT2D eigenvalue weighted by Gasteiger charge is -2.34. The molecule has 11 heteroatoms. The number of aromatic nitrogens is 2. The molecule has 0 saturated carbocycles. The molecular formula is C17H23ClN6O3S. The van der Waals surface area contributed by atoms with E-state index in [9.17, 15) is 13.2 Å². The molecule has 1 aliphatic heterocycles. The van der Waals surface area contributed by atoms with Crippen molar-refractivity contribution in [2.45, 2.75) is 17.9 Å². The molecule has 1 unspecified atom stereocenters. The summed E-state index contributed by atoms with van der Waals surface area (Å²) in [7, 11) is -3.47. The minimum atomic E-state index is -3.47. The molecular weight excluding hydrogens is 404 g/mol. The lowest BCUT2D eigenvalue weighted by molar-refractivity contribution is 0.100. The molecule has 0 aliphatic carbocycles. The summed E-state index contributed by atoms with van der Waals surface area (Å²) < 4.78 is 24.1. The Morgan fingerprint density at radius 1 is 1.36 bits per heavy atom. The van der Waals surface area contributed by atoms with Crippen molar-refractivity contribution in [1.82, 2.24) is 15.3 Å². The minimum absolute atomic E-state index is 0. The van der Waals surface area contributed by atoms with Crippen LogP contribution in [-0.2, 0) is 9.84 Å². The number of nitrogens with one attached hydrogen (secondary N) is 2. The second-order valence-corrected chi connectivity index (χ2v) is 8.42. The molecule has 2 heterocycles. The third-order valence-corrected chi connectivity index (χ3v) is 5.49. The van der Waals surface area contributed by atoms with Gasteiger partial charge in [-0.2, -0.15) is 4.98 Å². The first-order valence-electron chi connectivity index (χ1n) is 8.47. The van der Waals surface area contributed by atoms with Gasteiger partial charge in [0.15, 0.2) is 9.84 Å². The van der Waals surface area contributed by atoms with Gasteiger partial charge in [-0.1, -0.05) is 12.1 Å². The number of carbonyl (C=O) groups is 1. The van der Waals surface area contributed by atoms with E-state index in [1.165, 1.54) is 12.3 Å². The molecule has 9 nitrogen and oxygen atoms in total. The van der Waals surface area contributed by atoms with Crippen molar-refractivity contribution in [3.8, 4) is 0 Å². The second kappa shape index (κ2) is 8.72. The van der Waals surface area contributed by atoms with Gasteiger partial charge in [-0.3, -0.25) is 4.79 Å². The Hall–Kier alpha value is -2.43. The van der Waals surface area contributed by atoms with Crippen LogP contribution in [0.3, 0.4) is 0 Å². The largest absolute Gasteiger partial charge is 0.365 e. The summed E-state index contributed by atoms with van der Waals surface area (Å²) >= 11 is 0. The number of benzene rings is 1. The van der Waals surface area contributed by atoms with Crippen molar-refractivity contribution >= 4 is 45.6 Å². The molecule has 152 valence electrons. The normalized spacial score (nSPS) is 16.9. The monoisotopic (exact) mass is 426 g/mol. The van der Waals surface area contributed by atoms with Crippen molar-refractivity contribution in [2.24, 2.45) is 5.73 Å². The fraction of sp³-hybridized carbons (Fsp3) is 0.353. The van der Waals surface area contributed by atoms with Crippen molar-refractivity contribution < 1.29 is 13.2 Å². The van der Waals surface area contributed by atoms with Crippen LogP contribution in [0.25, 0.3) is 0 Å². The first kappa shape index (κ1) is 21.9. The molecule has 2 aromatic rings. The zero-order chi connectivity index (χ0) is 19.6. The summed E-state index contributed by atoms with van der Waals surface area (Å²) in [5.41, 5.74) is 5.85. The summed E-state index contributed by atoms with van der Waals surface area (Å²) in [6, 6.07) is 6.60. The van der Waals surface area contributed by atoms with E-state index < -0.39 is 15.7 Å². The molecule has 3 rings (SSSR count). The number of para-hydroxylation sites is 1. The molecule has 0 radical (unpaired) electrons. The number of hydrogen-bond acceptors (Lipinski definition) is 8. The van der Waals surface area contributed by atoms with Gasteiger partial charge in [0, 0.05) is 38.1 Å². The molecule has 1 saturated heterocycles. The van der Waals surface area contributed by atoms with E-state index in [2.05, 4.69) is 20.6 Å². The van der Waals surface area contributed by atoms with Crippen LogP contribution in [0.5, 0.6) is 0 Å². The maximum Gasteiger partial charge on any atom is 0.254 e. The number of sulfone groups is 1. The first-order valence-corrected chi connectivity index (χ1v) is 10.4. The highest BCUT2D eigenvalue weighted by Gasteiger charge is 2.23. The van der Waals surface area contributed by atoms with Crippen LogP contribution < -0.4 is 21.3 Å². The van der Waals surface area contributed by atoms with E-state index in [4.69, 9.17) is 5.73 Å². The standard InChI is InChI=1S/C17H22N6O3S.ClH/c1-11-9-19-7-8-23(11)17-20-10-12(15(18)24)16(22-17)21-13-5-3-4-6-14(13)27(2,25)26;/h3-6,10-11,19H,7-9H2,1-2H3,(H2,18,24)(H,20,21,22);1H. The Morgan fingerprint density at radius 2 is 2.07 bits per heavy atom. The first-order chi connectivity index (χ1) is 12.8. The maximum absolute atomic E-state index is 12.0. The summed E-state index contributed by atoms with van der Waals surface area (Å²) in [5, 5.41) is 6.24. The number of rotatable bonds is 5. The van der Waals surface area contributed by atoms with E-state index >= 15 is 0 Å². The van der Waals surface area contributed by atoms with E-state index in [1.807, 2.05) is 11.8 Å². The number of nitrogens with two attached hydrogens (primary N) is 1. The van der Waals surface area contributed by atoms with Gasteiger partial charge in [-0.15, -0.1) is 12.4 Å². The highest BCUT2D eigenvalue weighted by Crippen LogP contribution is 2.27. The summed E-state index contributed by atoms with van der Waals surface area (Å²) in [6.07, 6.45) is 2.49. The molecule has 1 aliphatic rings. The third kappa shape index (κ3) is 4.70. The predicted molar refractivity (Wildman–Crippen MR) is 110 cm³/mol. The third-order valence-electron chi connectivity index (χ3n) is 4.34. The van der Waals surface area contributed by atoms with Crippen molar-refractivity contribution in [2.75, 3.05) is 36.1 Å². The van der Waals surface area contributed by atoms with Crippen LogP contribution in [0.4, 0.5) is 17.5 Å². The molecule has 28 heavy (non-hydrogen) atoms.